The zero-order valence-electron chi connectivity index (χ0n) is 14.2. The summed E-state index contributed by atoms with van der Waals surface area (Å²) in [5.41, 5.74) is 9.22. The number of benzene rings is 1. The second-order valence-corrected chi connectivity index (χ2v) is 7.05. The van der Waals surface area contributed by atoms with E-state index in [1.807, 2.05) is 6.92 Å². The molecule has 2 saturated heterocycles. The van der Waals surface area contributed by atoms with Gasteiger partial charge in [0.1, 0.15) is 5.76 Å². The molecule has 4 rings (SSSR count). The predicted molar refractivity (Wildman–Crippen MR) is 93.4 cm³/mol. The Morgan fingerprint density at radius 2 is 2.12 bits per heavy atom. The molecule has 128 valence electrons. The van der Waals surface area contributed by atoms with Crippen molar-refractivity contribution in [3.05, 3.63) is 53.4 Å². The molecule has 5 nitrogen and oxygen atoms in total. The first kappa shape index (κ1) is 15.8. The molecule has 2 fully saturated rings. The van der Waals surface area contributed by atoms with E-state index in [1.165, 1.54) is 31.4 Å². The number of hydrogen-bond acceptors (Lipinski definition) is 5. The summed E-state index contributed by atoms with van der Waals surface area (Å²) in [6, 6.07) is 13.8. The summed E-state index contributed by atoms with van der Waals surface area (Å²) >= 11 is 0. The molecule has 2 N–H and O–H groups in total. The standard InChI is InChI=1S/C19H26N4O/c1-14-11-18(24-22-14)16-12-20-21-19(16)17-9-5-6-10-23(17)13-15-7-3-2-4-8-15/h2-4,7-8,11,16-17,19-21H,5-6,9-10,12-13H2,1H3. The van der Waals surface area contributed by atoms with E-state index in [0.29, 0.717) is 18.0 Å². The van der Waals surface area contributed by atoms with Gasteiger partial charge in [0, 0.05) is 31.2 Å². The van der Waals surface area contributed by atoms with Gasteiger partial charge in [0.25, 0.3) is 0 Å². The summed E-state index contributed by atoms with van der Waals surface area (Å²) < 4.78 is 5.57. The van der Waals surface area contributed by atoms with Gasteiger partial charge >= 0.3 is 0 Å². The summed E-state index contributed by atoms with van der Waals surface area (Å²) in [4.78, 5) is 2.64. The Labute approximate surface area is 143 Å². The molecule has 0 amide bonds. The predicted octanol–water partition coefficient (Wildman–Crippen LogP) is 2.60. The van der Waals surface area contributed by atoms with Gasteiger partial charge in [-0.1, -0.05) is 41.9 Å². The van der Waals surface area contributed by atoms with Gasteiger partial charge in [-0.25, -0.2) is 0 Å². The van der Waals surface area contributed by atoms with Crippen molar-refractivity contribution in [1.29, 1.82) is 0 Å². The molecule has 3 heterocycles. The first-order valence-corrected chi connectivity index (χ1v) is 9.01. The first-order chi connectivity index (χ1) is 11.8. The zero-order valence-corrected chi connectivity index (χ0v) is 14.2. The lowest BCUT2D eigenvalue weighted by molar-refractivity contribution is 0.103. The van der Waals surface area contributed by atoms with Crippen molar-refractivity contribution in [3.8, 4) is 0 Å². The lowest BCUT2D eigenvalue weighted by atomic mass is 9.86. The number of hydrazine groups is 1. The highest BCUT2D eigenvalue weighted by Gasteiger charge is 2.40. The smallest absolute Gasteiger partial charge is 0.143 e. The number of aromatic nitrogens is 1. The van der Waals surface area contributed by atoms with Crippen LogP contribution in [0.5, 0.6) is 0 Å². The molecule has 3 atom stereocenters. The number of nitrogens with zero attached hydrogens (tertiary/aromatic N) is 2. The summed E-state index contributed by atoms with van der Waals surface area (Å²) in [6.45, 7) is 5.07. The minimum atomic E-state index is 0.340. The molecule has 24 heavy (non-hydrogen) atoms. The van der Waals surface area contributed by atoms with Crippen LogP contribution in [0, 0.1) is 6.92 Å². The maximum absolute atomic E-state index is 5.57. The number of hydrogen-bond donors (Lipinski definition) is 2. The van der Waals surface area contributed by atoms with Crippen LogP contribution in [-0.2, 0) is 6.54 Å². The molecule has 0 radical (unpaired) electrons. The second-order valence-electron chi connectivity index (χ2n) is 7.05. The van der Waals surface area contributed by atoms with E-state index in [2.05, 4.69) is 57.3 Å². The average Bonchev–Trinajstić information content (AvgIpc) is 3.25. The molecule has 2 aliphatic rings. The Balaban J connectivity index is 1.53. The molecule has 5 heteroatoms. The number of likely N-dealkylation sites (tertiary alicyclic amines) is 1. The molecule has 0 saturated carbocycles. The van der Waals surface area contributed by atoms with E-state index in [9.17, 15) is 0 Å². The van der Waals surface area contributed by atoms with Gasteiger partial charge in [-0.3, -0.25) is 15.8 Å². The van der Waals surface area contributed by atoms with Crippen molar-refractivity contribution in [3.63, 3.8) is 0 Å². The van der Waals surface area contributed by atoms with E-state index in [0.717, 1.165) is 24.5 Å². The van der Waals surface area contributed by atoms with Crippen LogP contribution in [0.2, 0.25) is 0 Å². The highest BCUT2D eigenvalue weighted by atomic mass is 16.5. The lowest BCUT2D eigenvalue weighted by Gasteiger charge is -2.40. The Hall–Kier alpha value is -1.69. The van der Waals surface area contributed by atoms with Gasteiger partial charge in [0.05, 0.1) is 11.6 Å². The molecular formula is C19H26N4O. The number of rotatable bonds is 4. The van der Waals surface area contributed by atoms with Crippen molar-refractivity contribution in [2.45, 2.75) is 50.7 Å². The molecule has 1 aromatic carbocycles. The van der Waals surface area contributed by atoms with Crippen molar-refractivity contribution in [2.24, 2.45) is 0 Å². The SMILES string of the molecule is Cc1cc(C2CNNC2C2CCCCN2Cc2ccccc2)on1. The van der Waals surface area contributed by atoms with E-state index in [1.54, 1.807) is 0 Å². The molecule has 0 spiro atoms. The Morgan fingerprint density at radius 3 is 2.92 bits per heavy atom. The summed E-state index contributed by atoms with van der Waals surface area (Å²) in [5.74, 6) is 1.34. The Bertz CT molecular complexity index is 656. The monoisotopic (exact) mass is 326 g/mol. The molecule has 0 bridgehead atoms. The minimum Gasteiger partial charge on any atom is -0.361 e. The quantitative estimate of drug-likeness (QED) is 0.904. The lowest BCUT2D eigenvalue weighted by Crippen LogP contribution is -2.52. The molecule has 1 aromatic heterocycles. The van der Waals surface area contributed by atoms with E-state index in [-0.39, 0.29) is 0 Å². The first-order valence-electron chi connectivity index (χ1n) is 9.01. The molecule has 2 aliphatic heterocycles. The minimum absolute atomic E-state index is 0.340. The van der Waals surface area contributed by atoms with Gasteiger partial charge in [-0.2, -0.15) is 0 Å². The van der Waals surface area contributed by atoms with Gasteiger partial charge in [-0.15, -0.1) is 0 Å². The van der Waals surface area contributed by atoms with Crippen molar-refractivity contribution in [2.75, 3.05) is 13.1 Å². The normalized spacial score (nSPS) is 28.3. The third-order valence-electron chi connectivity index (χ3n) is 5.34. The van der Waals surface area contributed by atoms with E-state index >= 15 is 0 Å². The fraction of sp³-hybridized carbons (Fsp3) is 0.526. The van der Waals surface area contributed by atoms with Crippen LogP contribution in [0.1, 0.15) is 42.2 Å². The molecular weight excluding hydrogens is 300 g/mol. The fourth-order valence-corrected chi connectivity index (χ4v) is 4.15. The van der Waals surface area contributed by atoms with Gasteiger partial charge in [0.15, 0.2) is 0 Å². The third kappa shape index (κ3) is 3.24. The Kier molecular flexibility index (Phi) is 4.65. The Morgan fingerprint density at radius 1 is 1.25 bits per heavy atom. The van der Waals surface area contributed by atoms with E-state index in [4.69, 9.17) is 4.52 Å². The van der Waals surface area contributed by atoms with Gasteiger partial charge in [0.2, 0.25) is 0 Å². The van der Waals surface area contributed by atoms with Gasteiger partial charge in [-0.05, 0) is 31.9 Å². The highest BCUT2D eigenvalue weighted by molar-refractivity contribution is 5.17. The van der Waals surface area contributed by atoms with Crippen molar-refractivity contribution in [1.82, 2.24) is 20.9 Å². The third-order valence-corrected chi connectivity index (χ3v) is 5.34. The van der Waals surface area contributed by atoms with Crippen LogP contribution in [0.3, 0.4) is 0 Å². The van der Waals surface area contributed by atoms with Crippen LogP contribution in [-0.4, -0.2) is 35.2 Å². The van der Waals surface area contributed by atoms with Crippen LogP contribution in [0.4, 0.5) is 0 Å². The number of piperidine rings is 1. The summed E-state index contributed by atoms with van der Waals surface area (Å²) in [6.07, 6.45) is 3.82. The summed E-state index contributed by atoms with van der Waals surface area (Å²) in [5, 5.41) is 4.08. The number of nitrogens with one attached hydrogen (secondary N) is 2. The summed E-state index contributed by atoms with van der Waals surface area (Å²) in [7, 11) is 0. The molecule has 0 aliphatic carbocycles. The van der Waals surface area contributed by atoms with Gasteiger partial charge < -0.3 is 4.52 Å². The maximum Gasteiger partial charge on any atom is 0.143 e. The molecule has 2 aromatic rings. The van der Waals surface area contributed by atoms with Crippen LogP contribution >= 0.6 is 0 Å². The molecule has 3 unspecified atom stereocenters. The van der Waals surface area contributed by atoms with Crippen LogP contribution in [0.15, 0.2) is 40.9 Å². The fourth-order valence-electron chi connectivity index (χ4n) is 4.15. The van der Waals surface area contributed by atoms with E-state index < -0.39 is 0 Å². The largest absolute Gasteiger partial charge is 0.361 e. The van der Waals surface area contributed by atoms with Crippen molar-refractivity contribution < 1.29 is 4.52 Å². The second kappa shape index (κ2) is 7.05. The van der Waals surface area contributed by atoms with Crippen LogP contribution in [0.25, 0.3) is 0 Å². The van der Waals surface area contributed by atoms with Crippen LogP contribution < -0.4 is 10.9 Å². The number of aryl methyl sites for hydroxylation is 1. The maximum atomic E-state index is 5.57. The zero-order chi connectivity index (χ0) is 16.4. The topological polar surface area (TPSA) is 53.3 Å². The average molecular weight is 326 g/mol. The highest BCUT2D eigenvalue weighted by Crippen LogP contribution is 2.31. The van der Waals surface area contributed by atoms with Crippen molar-refractivity contribution >= 4 is 0 Å².